The topological polar surface area (TPSA) is 60.2 Å². The van der Waals surface area contributed by atoms with Crippen LogP contribution in [0, 0.1) is 17.0 Å². The number of hydrogen-bond donors (Lipinski definition) is 0. The third-order valence-corrected chi connectivity index (χ3v) is 2.21. The van der Waals surface area contributed by atoms with Crippen molar-refractivity contribution in [2.24, 2.45) is 0 Å². The summed E-state index contributed by atoms with van der Waals surface area (Å²) >= 11 is 10.8. The second kappa shape index (κ2) is 3.94. The number of nitro groups is 1. The Hall–Kier alpha value is -1.13. The van der Waals surface area contributed by atoms with Crippen molar-refractivity contribution in [1.82, 2.24) is 0 Å². The molecule has 0 aliphatic carbocycles. The van der Waals surface area contributed by atoms with Crippen LogP contribution in [0.3, 0.4) is 0 Å². The number of nitro benzene ring substituents is 1. The number of hydrogen-bond acceptors (Lipinski definition) is 3. The lowest BCUT2D eigenvalue weighted by atomic mass is 10.1. The summed E-state index contributed by atoms with van der Waals surface area (Å²) in [6, 6.07) is 2.42. The molecule has 0 N–H and O–H groups in total. The lowest BCUT2D eigenvalue weighted by Crippen LogP contribution is -1.97. The van der Waals surface area contributed by atoms with Crippen molar-refractivity contribution >= 4 is 34.1 Å². The SMILES string of the molecule is Cc1cc([N+](=O)[O-])c(Cl)cc1C(=O)Cl. The maximum atomic E-state index is 10.8. The molecule has 6 heteroatoms. The Kier molecular flexibility index (Phi) is 3.08. The van der Waals surface area contributed by atoms with E-state index in [1.165, 1.54) is 12.1 Å². The molecule has 0 heterocycles. The molecule has 4 nitrogen and oxygen atoms in total. The van der Waals surface area contributed by atoms with E-state index in [0.29, 0.717) is 5.56 Å². The van der Waals surface area contributed by atoms with Gasteiger partial charge in [-0.3, -0.25) is 14.9 Å². The van der Waals surface area contributed by atoms with E-state index in [-0.39, 0.29) is 16.3 Å². The van der Waals surface area contributed by atoms with Gasteiger partial charge < -0.3 is 0 Å². The standard InChI is InChI=1S/C8H5Cl2NO3/c1-4-2-7(11(13)14)6(9)3-5(4)8(10)12/h2-3H,1H3. The molecule has 0 saturated carbocycles. The fourth-order valence-electron chi connectivity index (χ4n) is 1.02. The van der Waals surface area contributed by atoms with Crippen LogP contribution >= 0.6 is 23.2 Å². The summed E-state index contributed by atoms with van der Waals surface area (Å²) in [5, 5.41) is 9.68. The highest BCUT2D eigenvalue weighted by Gasteiger charge is 2.17. The van der Waals surface area contributed by atoms with Gasteiger partial charge in [-0.05, 0) is 30.2 Å². The number of benzene rings is 1. The Morgan fingerprint density at radius 2 is 2.07 bits per heavy atom. The van der Waals surface area contributed by atoms with Gasteiger partial charge in [-0.1, -0.05) is 11.6 Å². The lowest BCUT2D eigenvalue weighted by Gasteiger charge is -2.01. The number of aryl methyl sites for hydroxylation is 1. The zero-order valence-electron chi connectivity index (χ0n) is 7.08. The summed E-state index contributed by atoms with van der Waals surface area (Å²) in [7, 11) is 0. The highest BCUT2D eigenvalue weighted by molar-refractivity contribution is 6.68. The zero-order valence-corrected chi connectivity index (χ0v) is 8.59. The van der Waals surface area contributed by atoms with Gasteiger partial charge in [-0.15, -0.1) is 0 Å². The van der Waals surface area contributed by atoms with Crippen LogP contribution < -0.4 is 0 Å². The second-order valence-corrected chi connectivity index (χ2v) is 3.40. The predicted molar refractivity (Wildman–Crippen MR) is 53.0 cm³/mol. The predicted octanol–water partition coefficient (Wildman–Crippen LogP) is 2.94. The van der Waals surface area contributed by atoms with Crippen molar-refractivity contribution in [2.75, 3.05) is 0 Å². The molecule has 1 rings (SSSR count). The van der Waals surface area contributed by atoms with E-state index in [2.05, 4.69) is 0 Å². The molecular weight excluding hydrogens is 229 g/mol. The van der Waals surface area contributed by atoms with Gasteiger partial charge in [0.05, 0.1) is 4.92 Å². The molecule has 1 aromatic carbocycles. The van der Waals surface area contributed by atoms with Gasteiger partial charge in [0.1, 0.15) is 5.02 Å². The minimum absolute atomic E-state index is 0.0930. The third kappa shape index (κ3) is 2.02. The van der Waals surface area contributed by atoms with Gasteiger partial charge in [0.15, 0.2) is 0 Å². The largest absolute Gasteiger partial charge is 0.288 e. The Bertz CT molecular complexity index is 378. The van der Waals surface area contributed by atoms with Crippen LogP contribution in [0.15, 0.2) is 12.1 Å². The van der Waals surface area contributed by atoms with Gasteiger partial charge in [0, 0.05) is 11.6 Å². The molecule has 0 radical (unpaired) electrons. The molecule has 0 aromatic heterocycles. The Balaban J connectivity index is 3.38. The minimum Gasteiger partial charge on any atom is -0.276 e. The van der Waals surface area contributed by atoms with E-state index >= 15 is 0 Å². The molecule has 0 bridgehead atoms. The summed E-state index contributed by atoms with van der Waals surface area (Å²) in [6.07, 6.45) is 0. The monoisotopic (exact) mass is 233 g/mol. The second-order valence-electron chi connectivity index (χ2n) is 2.65. The number of halogens is 2. The number of carbonyl (C=O) groups excluding carboxylic acids is 1. The van der Waals surface area contributed by atoms with Crippen LogP contribution in [0.1, 0.15) is 15.9 Å². The van der Waals surface area contributed by atoms with E-state index in [0.717, 1.165) is 0 Å². The first-order chi connectivity index (χ1) is 6.43. The van der Waals surface area contributed by atoms with Crippen LogP contribution in [-0.4, -0.2) is 10.2 Å². The molecule has 14 heavy (non-hydrogen) atoms. The smallest absolute Gasteiger partial charge is 0.276 e. The molecule has 0 spiro atoms. The molecule has 1 aromatic rings. The first-order valence-electron chi connectivity index (χ1n) is 3.58. The van der Waals surface area contributed by atoms with Gasteiger partial charge >= 0.3 is 0 Å². The molecule has 0 aliphatic rings. The van der Waals surface area contributed by atoms with E-state index < -0.39 is 10.2 Å². The molecule has 0 amide bonds. The number of nitrogens with zero attached hydrogens (tertiary/aromatic N) is 1. The first-order valence-corrected chi connectivity index (χ1v) is 4.33. The normalized spacial score (nSPS) is 9.93. The number of rotatable bonds is 2. The maximum absolute atomic E-state index is 10.8. The van der Waals surface area contributed by atoms with Crippen LogP contribution in [0.5, 0.6) is 0 Å². The van der Waals surface area contributed by atoms with Crippen molar-refractivity contribution in [2.45, 2.75) is 6.92 Å². The average Bonchev–Trinajstić information content (AvgIpc) is 2.07. The molecule has 0 unspecified atom stereocenters. The number of carbonyl (C=O) groups is 1. The molecule has 0 fully saturated rings. The van der Waals surface area contributed by atoms with Crippen LogP contribution in [-0.2, 0) is 0 Å². The summed E-state index contributed by atoms with van der Waals surface area (Å²) in [6.45, 7) is 1.55. The van der Waals surface area contributed by atoms with Crippen LogP contribution in [0.4, 0.5) is 5.69 Å². The maximum Gasteiger partial charge on any atom is 0.288 e. The van der Waals surface area contributed by atoms with Crippen molar-refractivity contribution in [3.8, 4) is 0 Å². The van der Waals surface area contributed by atoms with Gasteiger partial charge in [0.25, 0.3) is 10.9 Å². The van der Waals surface area contributed by atoms with Gasteiger partial charge in [-0.2, -0.15) is 0 Å². The molecular formula is C8H5Cl2NO3. The van der Waals surface area contributed by atoms with Crippen LogP contribution in [0.2, 0.25) is 5.02 Å². The fourth-order valence-corrected chi connectivity index (χ4v) is 1.45. The zero-order chi connectivity index (χ0) is 10.9. The molecule has 0 aliphatic heterocycles. The summed E-state index contributed by atoms with van der Waals surface area (Å²) in [4.78, 5) is 20.7. The Morgan fingerprint density at radius 3 is 2.50 bits per heavy atom. The summed E-state index contributed by atoms with van der Waals surface area (Å²) in [5.41, 5.74) is 0.384. The van der Waals surface area contributed by atoms with Crippen LogP contribution in [0.25, 0.3) is 0 Å². The Morgan fingerprint density at radius 1 is 1.50 bits per heavy atom. The van der Waals surface area contributed by atoms with Crippen molar-refractivity contribution in [3.63, 3.8) is 0 Å². The van der Waals surface area contributed by atoms with Gasteiger partial charge in [-0.25, -0.2) is 0 Å². The highest BCUT2D eigenvalue weighted by Crippen LogP contribution is 2.28. The van der Waals surface area contributed by atoms with Crippen molar-refractivity contribution in [3.05, 3.63) is 38.4 Å². The van der Waals surface area contributed by atoms with E-state index in [9.17, 15) is 14.9 Å². The van der Waals surface area contributed by atoms with E-state index in [1.807, 2.05) is 0 Å². The molecule has 0 saturated heterocycles. The highest BCUT2D eigenvalue weighted by atomic mass is 35.5. The molecule has 74 valence electrons. The average molecular weight is 234 g/mol. The Labute approximate surface area is 89.6 Å². The van der Waals surface area contributed by atoms with E-state index in [4.69, 9.17) is 23.2 Å². The summed E-state index contributed by atoms with van der Waals surface area (Å²) in [5.74, 6) is 0. The lowest BCUT2D eigenvalue weighted by molar-refractivity contribution is -0.384. The van der Waals surface area contributed by atoms with Crippen molar-refractivity contribution < 1.29 is 9.72 Å². The minimum atomic E-state index is -0.681. The van der Waals surface area contributed by atoms with E-state index in [1.54, 1.807) is 6.92 Å². The van der Waals surface area contributed by atoms with Crippen molar-refractivity contribution in [1.29, 1.82) is 0 Å². The quantitative estimate of drug-likeness (QED) is 0.449. The molecule has 0 atom stereocenters. The third-order valence-electron chi connectivity index (χ3n) is 1.70. The summed E-state index contributed by atoms with van der Waals surface area (Å²) < 4.78 is 0. The van der Waals surface area contributed by atoms with Gasteiger partial charge in [0.2, 0.25) is 0 Å². The first kappa shape index (κ1) is 10.9. The fraction of sp³-hybridized carbons (Fsp3) is 0.125.